The summed E-state index contributed by atoms with van der Waals surface area (Å²) in [6.07, 6.45) is 1.53. The smallest absolute Gasteiger partial charge is 0.410 e. The Bertz CT molecular complexity index is 481. The Labute approximate surface area is 149 Å². The minimum Gasteiger partial charge on any atom is -0.468 e. The van der Waals surface area contributed by atoms with E-state index >= 15 is 0 Å². The second-order valence-electron chi connectivity index (χ2n) is 7.37. The van der Waals surface area contributed by atoms with Gasteiger partial charge in [-0.2, -0.15) is 0 Å². The first-order chi connectivity index (χ1) is 11.5. The van der Waals surface area contributed by atoms with Crippen molar-refractivity contribution in [2.24, 2.45) is 5.73 Å². The molecule has 2 N–H and O–H groups in total. The normalized spacial score (nSPS) is 17.0. The number of carbonyl (C=O) groups excluding carboxylic acids is 3. The molecule has 1 saturated heterocycles. The van der Waals surface area contributed by atoms with E-state index in [0.29, 0.717) is 25.9 Å². The van der Waals surface area contributed by atoms with Gasteiger partial charge in [-0.05, 0) is 40.0 Å². The molecule has 2 amide bonds. The van der Waals surface area contributed by atoms with Crippen molar-refractivity contribution in [2.75, 3.05) is 27.2 Å². The highest BCUT2D eigenvalue weighted by atomic mass is 16.6. The molecule has 0 aliphatic carbocycles. The van der Waals surface area contributed by atoms with Crippen molar-refractivity contribution in [1.82, 2.24) is 9.80 Å². The number of piperidine rings is 1. The molecule has 1 fully saturated rings. The van der Waals surface area contributed by atoms with E-state index in [9.17, 15) is 14.4 Å². The molecule has 1 aliphatic rings. The quantitative estimate of drug-likeness (QED) is 0.740. The van der Waals surface area contributed by atoms with Crippen LogP contribution < -0.4 is 5.73 Å². The Morgan fingerprint density at radius 3 is 2.28 bits per heavy atom. The van der Waals surface area contributed by atoms with Crippen LogP contribution in [0.2, 0.25) is 0 Å². The Kier molecular flexibility index (Phi) is 7.66. The number of esters is 1. The van der Waals surface area contributed by atoms with Crippen LogP contribution in [-0.4, -0.2) is 72.7 Å². The molecule has 0 spiro atoms. The maximum atomic E-state index is 12.3. The first-order valence-electron chi connectivity index (χ1n) is 8.62. The van der Waals surface area contributed by atoms with Crippen LogP contribution in [0.1, 0.15) is 46.5 Å². The van der Waals surface area contributed by atoms with Crippen LogP contribution in [0.25, 0.3) is 0 Å². The summed E-state index contributed by atoms with van der Waals surface area (Å²) in [5.41, 5.74) is 5.14. The fraction of sp³-hybridized carbons (Fsp3) is 0.824. The highest BCUT2D eigenvalue weighted by Crippen LogP contribution is 2.19. The molecule has 0 bridgehead atoms. The van der Waals surface area contributed by atoms with Crippen LogP contribution in [0.4, 0.5) is 4.79 Å². The van der Waals surface area contributed by atoms with Gasteiger partial charge < -0.3 is 25.0 Å². The Morgan fingerprint density at radius 2 is 1.80 bits per heavy atom. The summed E-state index contributed by atoms with van der Waals surface area (Å²) in [4.78, 5) is 39.0. The largest absolute Gasteiger partial charge is 0.468 e. The third kappa shape index (κ3) is 6.89. The van der Waals surface area contributed by atoms with E-state index in [1.165, 1.54) is 7.11 Å². The molecule has 0 aromatic rings. The van der Waals surface area contributed by atoms with Gasteiger partial charge >= 0.3 is 12.1 Å². The summed E-state index contributed by atoms with van der Waals surface area (Å²) in [7, 11) is 3.02. The van der Waals surface area contributed by atoms with Crippen LogP contribution in [0.5, 0.6) is 0 Å². The van der Waals surface area contributed by atoms with Gasteiger partial charge in [0, 0.05) is 32.6 Å². The molecule has 25 heavy (non-hydrogen) atoms. The van der Waals surface area contributed by atoms with Crippen LogP contribution >= 0.6 is 0 Å². The van der Waals surface area contributed by atoms with E-state index in [2.05, 4.69) is 4.74 Å². The van der Waals surface area contributed by atoms with Crippen molar-refractivity contribution < 1.29 is 23.9 Å². The van der Waals surface area contributed by atoms with Gasteiger partial charge in [0.15, 0.2) is 0 Å². The lowest BCUT2D eigenvalue weighted by molar-refractivity contribution is -0.142. The zero-order valence-electron chi connectivity index (χ0n) is 15.9. The lowest BCUT2D eigenvalue weighted by Crippen LogP contribution is -2.48. The number of rotatable bonds is 5. The number of ether oxygens (including phenoxy) is 2. The summed E-state index contributed by atoms with van der Waals surface area (Å²) in [6, 6.07) is -0.711. The van der Waals surface area contributed by atoms with Crippen molar-refractivity contribution in [3.05, 3.63) is 0 Å². The molecule has 0 aromatic carbocycles. The van der Waals surface area contributed by atoms with E-state index in [1.807, 2.05) is 20.8 Å². The third-order valence-corrected chi connectivity index (χ3v) is 4.23. The van der Waals surface area contributed by atoms with Gasteiger partial charge in [0.2, 0.25) is 5.91 Å². The van der Waals surface area contributed by atoms with Gasteiger partial charge in [0.05, 0.1) is 7.11 Å². The molecule has 0 unspecified atom stereocenters. The average Bonchev–Trinajstić information content (AvgIpc) is 2.56. The number of amides is 2. The van der Waals surface area contributed by atoms with E-state index in [0.717, 1.165) is 0 Å². The number of likely N-dealkylation sites (tertiary alicyclic amines) is 1. The number of nitrogens with zero attached hydrogens (tertiary/aromatic N) is 2. The summed E-state index contributed by atoms with van der Waals surface area (Å²) in [5, 5.41) is 0. The zero-order valence-corrected chi connectivity index (χ0v) is 15.9. The van der Waals surface area contributed by atoms with Gasteiger partial charge in [-0.1, -0.05) is 0 Å². The molecule has 0 saturated carbocycles. The maximum absolute atomic E-state index is 12.3. The molecule has 1 atom stereocenters. The molecule has 1 rings (SSSR count). The van der Waals surface area contributed by atoms with Crippen molar-refractivity contribution >= 4 is 18.0 Å². The van der Waals surface area contributed by atoms with E-state index in [-0.39, 0.29) is 30.9 Å². The first-order valence-corrected chi connectivity index (χ1v) is 8.62. The van der Waals surface area contributed by atoms with Crippen molar-refractivity contribution in [2.45, 2.75) is 64.1 Å². The molecule has 8 heteroatoms. The van der Waals surface area contributed by atoms with Gasteiger partial charge in [0.25, 0.3) is 0 Å². The zero-order chi connectivity index (χ0) is 19.2. The summed E-state index contributed by atoms with van der Waals surface area (Å²) in [5.74, 6) is -0.573. The number of carbonyl (C=O) groups is 3. The highest BCUT2D eigenvalue weighted by Gasteiger charge is 2.30. The van der Waals surface area contributed by atoms with E-state index < -0.39 is 17.6 Å². The minimum absolute atomic E-state index is 0.0601. The van der Waals surface area contributed by atoms with Crippen LogP contribution in [0.3, 0.4) is 0 Å². The van der Waals surface area contributed by atoms with Crippen LogP contribution in [0.15, 0.2) is 0 Å². The first kappa shape index (κ1) is 21.2. The highest BCUT2D eigenvalue weighted by molar-refractivity contribution is 5.79. The minimum atomic E-state index is -0.781. The van der Waals surface area contributed by atoms with Crippen molar-refractivity contribution in [1.29, 1.82) is 0 Å². The number of methoxy groups -OCH3 is 1. The molecule has 1 aliphatic heterocycles. The van der Waals surface area contributed by atoms with Gasteiger partial charge in [-0.25, -0.2) is 4.79 Å². The lowest BCUT2D eigenvalue weighted by Gasteiger charge is -2.37. The second kappa shape index (κ2) is 9.03. The fourth-order valence-corrected chi connectivity index (χ4v) is 2.69. The topological polar surface area (TPSA) is 102 Å². The van der Waals surface area contributed by atoms with Crippen molar-refractivity contribution in [3.8, 4) is 0 Å². The van der Waals surface area contributed by atoms with E-state index in [4.69, 9.17) is 10.5 Å². The number of hydrogen-bond acceptors (Lipinski definition) is 6. The predicted octanol–water partition coefficient (Wildman–Crippen LogP) is 1.12. The molecule has 0 aromatic heterocycles. The SMILES string of the molecule is COC(=O)[C@H](N)CCC(=O)N(C)C1CCN(C(=O)OC(C)(C)C)CC1. The molecular weight excluding hydrogens is 326 g/mol. The van der Waals surface area contributed by atoms with Crippen LogP contribution in [0, 0.1) is 0 Å². The number of hydrogen-bond donors (Lipinski definition) is 1. The Hall–Kier alpha value is -1.83. The Balaban J connectivity index is 2.42. The average molecular weight is 357 g/mol. The number of nitrogens with two attached hydrogens (primary N) is 1. The monoisotopic (exact) mass is 357 g/mol. The van der Waals surface area contributed by atoms with Gasteiger partial charge in [0.1, 0.15) is 11.6 Å². The second-order valence-corrected chi connectivity index (χ2v) is 7.37. The maximum Gasteiger partial charge on any atom is 0.410 e. The summed E-state index contributed by atoms with van der Waals surface area (Å²) in [6.45, 7) is 6.62. The van der Waals surface area contributed by atoms with Crippen molar-refractivity contribution in [3.63, 3.8) is 0 Å². The molecular formula is C17H31N3O5. The molecule has 0 radical (unpaired) electrons. The lowest BCUT2D eigenvalue weighted by atomic mass is 10.0. The van der Waals surface area contributed by atoms with Crippen LogP contribution in [-0.2, 0) is 19.1 Å². The third-order valence-electron chi connectivity index (χ3n) is 4.23. The molecule has 1 heterocycles. The fourth-order valence-electron chi connectivity index (χ4n) is 2.69. The summed E-state index contributed by atoms with van der Waals surface area (Å²) < 4.78 is 9.92. The Morgan fingerprint density at radius 1 is 1.24 bits per heavy atom. The molecule has 144 valence electrons. The van der Waals surface area contributed by atoms with Gasteiger partial charge in [-0.3, -0.25) is 9.59 Å². The predicted molar refractivity (Wildman–Crippen MR) is 92.8 cm³/mol. The molecule has 8 nitrogen and oxygen atoms in total. The summed E-state index contributed by atoms with van der Waals surface area (Å²) >= 11 is 0. The van der Waals surface area contributed by atoms with Gasteiger partial charge in [-0.15, -0.1) is 0 Å². The van der Waals surface area contributed by atoms with E-state index in [1.54, 1.807) is 16.8 Å². The standard InChI is InChI=1S/C17H31N3O5/c1-17(2,3)25-16(23)20-10-8-12(9-11-20)19(4)14(21)7-6-13(18)15(22)24-5/h12-13H,6-11,18H2,1-5H3/t13-/m1/s1.